The van der Waals surface area contributed by atoms with Crippen LogP contribution in [0, 0.1) is 0 Å². The average Bonchev–Trinajstić information content (AvgIpc) is 2.80. The topological polar surface area (TPSA) is 108 Å². The van der Waals surface area contributed by atoms with Gasteiger partial charge in [0.2, 0.25) is 10.0 Å². The fourth-order valence-corrected chi connectivity index (χ4v) is 4.34. The molecule has 0 fully saturated rings. The van der Waals surface area contributed by atoms with Crippen LogP contribution in [0.4, 0.5) is 5.69 Å². The van der Waals surface area contributed by atoms with Gasteiger partial charge in [0, 0.05) is 5.56 Å². The van der Waals surface area contributed by atoms with Gasteiger partial charge in [0.05, 0.1) is 41.9 Å². The van der Waals surface area contributed by atoms with Crippen molar-refractivity contribution in [3.05, 3.63) is 87.4 Å². The van der Waals surface area contributed by atoms with Crippen LogP contribution in [0.3, 0.4) is 0 Å². The van der Waals surface area contributed by atoms with Crippen LogP contribution in [0.25, 0.3) is 0 Å². The van der Waals surface area contributed by atoms with Crippen molar-refractivity contribution < 1.29 is 23.1 Å². The molecule has 2 N–H and O–H groups in total. The molecule has 0 unspecified atom stereocenters. The molecule has 3 aromatic rings. The van der Waals surface area contributed by atoms with Gasteiger partial charge in [-0.3, -0.25) is 9.10 Å². The summed E-state index contributed by atoms with van der Waals surface area (Å²) in [7, 11) is -2.23. The van der Waals surface area contributed by atoms with Crippen LogP contribution < -0.4 is 14.5 Å². The zero-order chi connectivity index (χ0) is 24.9. The van der Waals surface area contributed by atoms with Crippen LogP contribution >= 0.6 is 23.2 Å². The number of rotatable bonds is 8. The maximum Gasteiger partial charge on any atom is 0.271 e. The highest BCUT2D eigenvalue weighted by Crippen LogP contribution is 2.34. The second-order valence-electron chi connectivity index (χ2n) is 7.17. The molecule has 8 nitrogen and oxygen atoms in total. The highest BCUT2D eigenvalue weighted by atomic mass is 35.5. The fourth-order valence-electron chi connectivity index (χ4n) is 3.00. The van der Waals surface area contributed by atoms with Crippen LogP contribution in [-0.4, -0.2) is 39.0 Å². The number of methoxy groups -OCH3 is 1. The second-order valence-corrected chi connectivity index (χ2v) is 9.86. The summed E-state index contributed by atoms with van der Waals surface area (Å²) in [6.45, 7) is 0.00162. The van der Waals surface area contributed by atoms with Gasteiger partial charge < -0.3 is 9.84 Å². The van der Waals surface area contributed by atoms with Crippen molar-refractivity contribution in [2.75, 3.05) is 17.7 Å². The van der Waals surface area contributed by atoms with Crippen molar-refractivity contribution in [3.8, 4) is 11.5 Å². The SMILES string of the molecule is COc1cc(/C=N\NC(=O)c2ccc(CN(c3cccc(Cl)c3Cl)S(C)(=O)=O)cc2)ccc1O. The number of hydrazone groups is 1. The van der Waals surface area contributed by atoms with Gasteiger partial charge in [-0.05, 0) is 53.6 Å². The Morgan fingerprint density at radius 2 is 1.85 bits per heavy atom. The Labute approximate surface area is 207 Å². The molecule has 1 amide bonds. The minimum absolute atomic E-state index is 0.00162. The van der Waals surface area contributed by atoms with E-state index < -0.39 is 15.9 Å². The molecule has 0 aliphatic heterocycles. The first kappa shape index (κ1) is 25.4. The van der Waals surface area contributed by atoms with Crippen LogP contribution in [0.5, 0.6) is 11.5 Å². The van der Waals surface area contributed by atoms with E-state index in [0.29, 0.717) is 16.7 Å². The van der Waals surface area contributed by atoms with E-state index in [9.17, 15) is 18.3 Å². The molecule has 3 rings (SSSR count). The fraction of sp³-hybridized carbons (Fsp3) is 0.130. The molecule has 0 aliphatic carbocycles. The highest BCUT2D eigenvalue weighted by Gasteiger charge is 2.21. The van der Waals surface area contributed by atoms with Gasteiger partial charge >= 0.3 is 0 Å². The minimum Gasteiger partial charge on any atom is -0.504 e. The summed E-state index contributed by atoms with van der Waals surface area (Å²) in [5.41, 5.74) is 4.26. The lowest BCUT2D eigenvalue weighted by Crippen LogP contribution is -2.29. The summed E-state index contributed by atoms with van der Waals surface area (Å²) in [5, 5.41) is 13.9. The Bertz CT molecular complexity index is 1330. The molecule has 178 valence electrons. The van der Waals surface area contributed by atoms with Gasteiger partial charge in [-0.25, -0.2) is 13.8 Å². The van der Waals surface area contributed by atoms with Crippen LogP contribution in [0.2, 0.25) is 10.0 Å². The number of anilines is 1. The molecular weight excluding hydrogens is 501 g/mol. The molecule has 0 aliphatic rings. The Morgan fingerprint density at radius 1 is 1.15 bits per heavy atom. The van der Waals surface area contributed by atoms with Crippen LogP contribution in [0.1, 0.15) is 21.5 Å². The summed E-state index contributed by atoms with van der Waals surface area (Å²) in [5.74, 6) is -0.171. The minimum atomic E-state index is -3.66. The normalized spacial score (nSPS) is 11.4. The number of benzene rings is 3. The zero-order valence-electron chi connectivity index (χ0n) is 18.2. The molecule has 0 heterocycles. The zero-order valence-corrected chi connectivity index (χ0v) is 20.5. The molecule has 0 atom stereocenters. The molecule has 0 saturated carbocycles. The number of nitrogens with one attached hydrogen (secondary N) is 1. The van der Waals surface area contributed by atoms with Crippen molar-refractivity contribution in [1.29, 1.82) is 0 Å². The third kappa shape index (κ3) is 6.19. The Kier molecular flexibility index (Phi) is 8.03. The van der Waals surface area contributed by atoms with Gasteiger partial charge in [-0.2, -0.15) is 5.10 Å². The predicted molar refractivity (Wildman–Crippen MR) is 134 cm³/mol. The number of hydrogen-bond donors (Lipinski definition) is 2. The van der Waals surface area contributed by atoms with Crippen molar-refractivity contribution in [3.63, 3.8) is 0 Å². The van der Waals surface area contributed by atoms with Gasteiger partial charge in [-0.15, -0.1) is 0 Å². The van der Waals surface area contributed by atoms with E-state index in [-0.39, 0.29) is 33.8 Å². The van der Waals surface area contributed by atoms with Crippen LogP contribution in [-0.2, 0) is 16.6 Å². The van der Waals surface area contributed by atoms with Gasteiger partial charge in [0.1, 0.15) is 0 Å². The number of carbonyl (C=O) groups is 1. The number of aromatic hydroxyl groups is 1. The number of phenols is 1. The van der Waals surface area contributed by atoms with Crippen molar-refractivity contribution in [2.24, 2.45) is 5.10 Å². The number of carbonyl (C=O) groups excluding carboxylic acids is 1. The standard InChI is InChI=1S/C23H21Cl2N3O5S/c1-33-21-12-16(8-11-20(21)29)13-26-27-23(30)17-9-6-15(7-10-17)14-28(34(2,31)32)19-5-3-4-18(24)22(19)25/h3-13,29H,14H2,1-2H3,(H,27,30)/b26-13-. The highest BCUT2D eigenvalue weighted by molar-refractivity contribution is 7.92. The van der Waals surface area contributed by atoms with E-state index in [1.165, 1.54) is 19.4 Å². The summed E-state index contributed by atoms with van der Waals surface area (Å²) in [6, 6.07) is 15.8. The number of phenolic OH excluding ortho intramolecular Hbond substituents is 1. The number of amides is 1. The third-order valence-electron chi connectivity index (χ3n) is 4.73. The van der Waals surface area contributed by atoms with E-state index in [1.807, 2.05) is 0 Å². The van der Waals surface area contributed by atoms with E-state index in [1.54, 1.807) is 54.6 Å². The maximum absolute atomic E-state index is 12.4. The summed E-state index contributed by atoms with van der Waals surface area (Å²) in [4.78, 5) is 12.4. The number of sulfonamides is 1. The predicted octanol–water partition coefficient (Wildman–Crippen LogP) is 4.44. The molecule has 34 heavy (non-hydrogen) atoms. The molecule has 3 aromatic carbocycles. The van der Waals surface area contributed by atoms with E-state index in [0.717, 1.165) is 10.6 Å². The lowest BCUT2D eigenvalue weighted by molar-refractivity contribution is 0.0955. The largest absolute Gasteiger partial charge is 0.504 e. The van der Waals surface area contributed by atoms with Gasteiger partial charge in [-0.1, -0.05) is 41.4 Å². The second kappa shape index (κ2) is 10.8. The molecule has 0 bridgehead atoms. The van der Waals surface area contributed by atoms with Gasteiger partial charge in [0.15, 0.2) is 11.5 Å². The number of hydrogen-bond acceptors (Lipinski definition) is 6. The number of ether oxygens (including phenoxy) is 1. The van der Waals surface area contributed by atoms with E-state index >= 15 is 0 Å². The number of halogens is 2. The van der Waals surface area contributed by atoms with Crippen molar-refractivity contribution in [1.82, 2.24) is 5.43 Å². The first-order chi connectivity index (χ1) is 16.1. The first-order valence-electron chi connectivity index (χ1n) is 9.81. The van der Waals surface area contributed by atoms with E-state index in [4.69, 9.17) is 27.9 Å². The molecule has 0 radical (unpaired) electrons. The van der Waals surface area contributed by atoms with Gasteiger partial charge in [0.25, 0.3) is 5.91 Å². The van der Waals surface area contributed by atoms with E-state index in [2.05, 4.69) is 10.5 Å². The molecular formula is C23H21Cl2N3O5S. The van der Waals surface area contributed by atoms with Crippen molar-refractivity contribution >= 4 is 51.0 Å². The summed E-state index contributed by atoms with van der Waals surface area (Å²) >= 11 is 12.3. The van der Waals surface area contributed by atoms with Crippen LogP contribution in [0.15, 0.2) is 65.8 Å². The van der Waals surface area contributed by atoms with Crippen molar-refractivity contribution in [2.45, 2.75) is 6.54 Å². The average molecular weight is 522 g/mol. The Hall–Kier alpha value is -3.27. The smallest absolute Gasteiger partial charge is 0.271 e. The third-order valence-corrected chi connectivity index (χ3v) is 6.66. The first-order valence-corrected chi connectivity index (χ1v) is 12.4. The molecule has 11 heteroatoms. The maximum atomic E-state index is 12.4. The Morgan fingerprint density at radius 3 is 2.50 bits per heavy atom. The Balaban J connectivity index is 1.71. The molecule has 0 saturated heterocycles. The lowest BCUT2D eigenvalue weighted by Gasteiger charge is -2.24. The lowest BCUT2D eigenvalue weighted by atomic mass is 10.1. The number of nitrogens with zero attached hydrogens (tertiary/aromatic N) is 2. The molecule has 0 aromatic heterocycles. The summed E-state index contributed by atoms with van der Waals surface area (Å²) in [6.07, 6.45) is 2.49. The quantitative estimate of drug-likeness (QED) is 0.336. The monoisotopic (exact) mass is 521 g/mol. The molecule has 0 spiro atoms. The summed E-state index contributed by atoms with van der Waals surface area (Å²) < 4.78 is 31.0.